The number of likely N-dealkylation sites (tertiary alicyclic amines) is 1. The maximum absolute atomic E-state index is 12.4. The molecule has 4 nitrogen and oxygen atoms in total. The molecule has 1 saturated heterocycles. The minimum absolute atomic E-state index is 0.0879. The molecular weight excluding hydrogens is 356 g/mol. The normalized spacial score (nSPS) is 18.5. The third kappa shape index (κ3) is 3.21. The molecule has 0 radical (unpaired) electrons. The third-order valence-corrected chi connectivity index (χ3v) is 5.01. The summed E-state index contributed by atoms with van der Waals surface area (Å²) in [5.74, 6) is 0.438. The number of halogens is 1. The number of rotatable bonds is 3. The summed E-state index contributed by atoms with van der Waals surface area (Å²) in [6, 6.07) is 9.62. The van der Waals surface area contributed by atoms with Crippen LogP contribution >= 0.6 is 15.9 Å². The van der Waals surface area contributed by atoms with Crippen LogP contribution in [0.15, 0.2) is 34.8 Å². The van der Waals surface area contributed by atoms with E-state index in [4.69, 9.17) is 0 Å². The molecule has 1 amide bonds. The first-order valence-electron chi connectivity index (χ1n) is 7.82. The van der Waals surface area contributed by atoms with Crippen LogP contribution in [-0.4, -0.2) is 47.5 Å². The number of hydrogen-bond donors (Lipinski definition) is 1. The summed E-state index contributed by atoms with van der Waals surface area (Å²) < 4.78 is 1.02. The van der Waals surface area contributed by atoms with Crippen molar-refractivity contribution in [1.82, 2.24) is 9.80 Å². The second kappa shape index (κ2) is 6.49. The number of phenolic OH excluding ortho intramolecular Hbond substituents is 1. The number of carbonyl (C=O) groups is 1. The van der Waals surface area contributed by atoms with E-state index in [1.54, 1.807) is 25.1 Å². The number of nitrogens with zero attached hydrogens (tertiary/aromatic N) is 2. The lowest BCUT2D eigenvalue weighted by molar-refractivity contribution is -0.133. The van der Waals surface area contributed by atoms with Gasteiger partial charge < -0.3 is 10.0 Å². The summed E-state index contributed by atoms with van der Waals surface area (Å²) in [6.45, 7) is 1.48. The van der Waals surface area contributed by atoms with E-state index < -0.39 is 0 Å². The van der Waals surface area contributed by atoms with Gasteiger partial charge in [-0.15, -0.1) is 0 Å². The van der Waals surface area contributed by atoms with Crippen LogP contribution in [-0.2, 0) is 11.3 Å². The molecule has 0 aromatic heterocycles. The van der Waals surface area contributed by atoms with Crippen molar-refractivity contribution in [2.45, 2.75) is 25.4 Å². The van der Waals surface area contributed by atoms with Crippen LogP contribution in [0.4, 0.5) is 0 Å². The molecular formula is C18H21BrN2O2. The van der Waals surface area contributed by atoms with Crippen LogP contribution < -0.4 is 0 Å². The second-order valence-corrected chi connectivity index (χ2v) is 7.21. The second-order valence-electron chi connectivity index (χ2n) is 6.29. The van der Waals surface area contributed by atoms with E-state index in [2.05, 4.69) is 20.8 Å². The minimum Gasteiger partial charge on any atom is -0.508 e. The standard InChI is InChI=1S/C18H21BrN2O2/c1-20(2)18(23)16-4-3-9-21(16)11-15-14-7-6-13(19)10-12(14)5-8-17(15)22/h5-8,10,16,22H,3-4,9,11H2,1-2H3. The lowest BCUT2D eigenvalue weighted by atomic mass is 10.0. The highest BCUT2D eigenvalue weighted by molar-refractivity contribution is 9.10. The molecule has 122 valence electrons. The van der Waals surface area contributed by atoms with Gasteiger partial charge in [0.15, 0.2) is 0 Å². The van der Waals surface area contributed by atoms with Crippen molar-refractivity contribution < 1.29 is 9.90 Å². The van der Waals surface area contributed by atoms with Gasteiger partial charge in [0.05, 0.1) is 6.04 Å². The largest absolute Gasteiger partial charge is 0.508 e. The van der Waals surface area contributed by atoms with E-state index in [0.29, 0.717) is 12.3 Å². The highest BCUT2D eigenvalue weighted by Gasteiger charge is 2.32. The average Bonchev–Trinajstić information content (AvgIpc) is 2.97. The molecule has 2 aromatic rings. The first-order chi connectivity index (χ1) is 11.0. The molecule has 1 heterocycles. The van der Waals surface area contributed by atoms with Crippen LogP contribution in [0, 0.1) is 0 Å². The van der Waals surface area contributed by atoms with Crippen LogP contribution in [0.5, 0.6) is 5.75 Å². The summed E-state index contributed by atoms with van der Waals surface area (Å²) in [5, 5.41) is 12.5. The fourth-order valence-corrected chi connectivity index (χ4v) is 3.69. The third-order valence-electron chi connectivity index (χ3n) is 4.52. The van der Waals surface area contributed by atoms with E-state index in [0.717, 1.165) is 40.2 Å². The molecule has 5 heteroatoms. The van der Waals surface area contributed by atoms with Crippen molar-refractivity contribution in [3.63, 3.8) is 0 Å². The smallest absolute Gasteiger partial charge is 0.239 e. The van der Waals surface area contributed by atoms with Crippen molar-refractivity contribution in [3.05, 3.63) is 40.4 Å². The van der Waals surface area contributed by atoms with Gasteiger partial charge in [0, 0.05) is 30.7 Å². The molecule has 1 fully saturated rings. The lowest BCUT2D eigenvalue weighted by Gasteiger charge is -2.26. The minimum atomic E-state index is -0.0879. The number of phenols is 1. The predicted octanol–water partition coefficient (Wildman–Crippen LogP) is 3.36. The molecule has 0 spiro atoms. The molecule has 1 unspecified atom stereocenters. The highest BCUT2D eigenvalue weighted by Crippen LogP contribution is 2.32. The maximum atomic E-state index is 12.4. The van der Waals surface area contributed by atoms with Gasteiger partial charge in [0.1, 0.15) is 5.75 Å². The Balaban J connectivity index is 1.94. The SMILES string of the molecule is CN(C)C(=O)C1CCCN1Cc1c(O)ccc2cc(Br)ccc12. The first-order valence-corrected chi connectivity index (χ1v) is 8.62. The summed E-state index contributed by atoms with van der Waals surface area (Å²) in [6.07, 6.45) is 1.90. The van der Waals surface area contributed by atoms with Crippen LogP contribution in [0.1, 0.15) is 18.4 Å². The summed E-state index contributed by atoms with van der Waals surface area (Å²) in [4.78, 5) is 16.2. The molecule has 0 aliphatic carbocycles. The van der Waals surface area contributed by atoms with E-state index in [9.17, 15) is 9.90 Å². The molecule has 3 rings (SSSR count). The van der Waals surface area contributed by atoms with Crippen LogP contribution in [0.3, 0.4) is 0 Å². The molecule has 1 aliphatic rings. The van der Waals surface area contributed by atoms with Crippen molar-refractivity contribution in [2.75, 3.05) is 20.6 Å². The average molecular weight is 377 g/mol. The molecule has 0 bridgehead atoms. The Morgan fingerprint density at radius 1 is 1.35 bits per heavy atom. The van der Waals surface area contributed by atoms with Gasteiger partial charge in [0.25, 0.3) is 0 Å². The zero-order chi connectivity index (χ0) is 16.6. The van der Waals surface area contributed by atoms with Crippen LogP contribution in [0.2, 0.25) is 0 Å². The number of fused-ring (bicyclic) bond motifs is 1. The first kappa shape index (κ1) is 16.3. The molecule has 1 aliphatic heterocycles. The van der Waals surface area contributed by atoms with E-state index in [1.165, 1.54) is 0 Å². The Bertz CT molecular complexity index is 745. The molecule has 0 saturated carbocycles. The van der Waals surface area contributed by atoms with Crippen molar-refractivity contribution >= 4 is 32.6 Å². The van der Waals surface area contributed by atoms with Gasteiger partial charge in [-0.1, -0.05) is 28.1 Å². The van der Waals surface area contributed by atoms with Gasteiger partial charge in [-0.2, -0.15) is 0 Å². The van der Waals surface area contributed by atoms with Crippen molar-refractivity contribution in [3.8, 4) is 5.75 Å². The van der Waals surface area contributed by atoms with E-state index in [1.807, 2.05) is 24.3 Å². The Morgan fingerprint density at radius 2 is 2.13 bits per heavy atom. The number of likely N-dealkylation sites (N-methyl/N-ethyl adjacent to an activating group) is 1. The maximum Gasteiger partial charge on any atom is 0.239 e. The zero-order valence-electron chi connectivity index (χ0n) is 13.4. The lowest BCUT2D eigenvalue weighted by Crippen LogP contribution is -2.42. The summed E-state index contributed by atoms with van der Waals surface area (Å²) in [7, 11) is 3.59. The van der Waals surface area contributed by atoms with Gasteiger partial charge >= 0.3 is 0 Å². The van der Waals surface area contributed by atoms with Crippen molar-refractivity contribution in [2.24, 2.45) is 0 Å². The Kier molecular flexibility index (Phi) is 4.60. The number of amides is 1. The van der Waals surface area contributed by atoms with Gasteiger partial charge in [-0.25, -0.2) is 0 Å². The van der Waals surface area contributed by atoms with E-state index >= 15 is 0 Å². The van der Waals surface area contributed by atoms with Gasteiger partial charge in [0.2, 0.25) is 5.91 Å². The van der Waals surface area contributed by atoms with Gasteiger partial charge in [-0.3, -0.25) is 9.69 Å². The number of carbonyl (C=O) groups excluding carboxylic acids is 1. The molecule has 2 aromatic carbocycles. The number of aromatic hydroxyl groups is 1. The van der Waals surface area contributed by atoms with Crippen LogP contribution in [0.25, 0.3) is 10.8 Å². The fourth-order valence-electron chi connectivity index (χ4n) is 3.32. The summed E-state index contributed by atoms with van der Waals surface area (Å²) >= 11 is 3.49. The Hall–Kier alpha value is -1.59. The monoisotopic (exact) mass is 376 g/mol. The number of hydrogen-bond acceptors (Lipinski definition) is 3. The number of benzene rings is 2. The zero-order valence-corrected chi connectivity index (χ0v) is 15.0. The fraction of sp³-hybridized carbons (Fsp3) is 0.389. The van der Waals surface area contributed by atoms with E-state index in [-0.39, 0.29) is 11.9 Å². The Labute approximate surface area is 144 Å². The van der Waals surface area contributed by atoms with Gasteiger partial charge in [-0.05, 0) is 48.4 Å². The topological polar surface area (TPSA) is 43.8 Å². The van der Waals surface area contributed by atoms with Crippen molar-refractivity contribution in [1.29, 1.82) is 0 Å². The quantitative estimate of drug-likeness (QED) is 0.892. The molecule has 1 N–H and O–H groups in total. The highest BCUT2D eigenvalue weighted by atomic mass is 79.9. The predicted molar refractivity (Wildman–Crippen MR) is 95.4 cm³/mol. The summed E-state index contributed by atoms with van der Waals surface area (Å²) in [5.41, 5.74) is 0.897. The molecule has 23 heavy (non-hydrogen) atoms. The molecule has 1 atom stereocenters. The Morgan fingerprint density at radius 3 is 2.87 bits per heavy atom.